The second-order valence-corrected chi connectivity index (χ2v) is 9.45. The summed E-state index contributed by atoms with van der Waals surface area (Å²) in [5.74, 6) is -1.34. The van der Waals surface area contributed by atoms with Crippen molar-refractivity contribution in [1.82, 2.24) is 15.5 Å². The zero-order valence-electron chi connectivity index (χ0n) is 21.4. The average molecular weight is 520 g/mol. The van der Waals surface area contributed by atoms with Crippen molar-refractivity contribution in [2.75, 3.05) is 44.7 Å². The van der Waals surface area contributed by atoms with E-state index >= 15 is 0 Å². The Morgan fingerprint density at radius 2 is 1.84 bits per heavy atom. The molecule has 0 unspecified atom stereocenters. The Labute approximate surface area is 221 Å². The third kappa shape index (κ3) is 6.77. The summed E-state index contributed by atoms with van der Waals surface area (Å²) in [5.41, 5.74) is 7.16. The molecule has 4 N–H and O–H groups in total. The van der Waals surface area contributed by atoms with Crippen LogP contribution in [0.5, 0.6) is 5.75 Å². The van der Waals surface area contributed by atoms with Crippen molar-refractivity contribution < 1.29 is 23.9 Å². The van der Waals surface area contributed by atoms with Gasteiger partial charge in [0.25, 0.3) is 17.7 Å². The molecule has 2 aliphatic rings. The number of carbonyl (C=O) groups is 4. The van der Waals surface area contributed by atoms with Gasteiger partial charge in [-0.3, -0.25) is 19.2 Å². The van der Waals surface area contributed by atoms with E-state index in [0.717, 1.165) is 31.3 Å². The molecular weight excluding hydrogens is 486 g/mol. The summed E-state index contributed by atoms with van der Waals surface area (Å²) in [6.07, 6.45) is 3.55. The first-order chi connectivity index (χ1) is 18.3. The summed E-state index contributed by atoms with van der Waals surface area (Å²) in [4.78, 5) is 54.4. The van der Waals surface area contributed by atoms with Gasteiger partial charge in [-0.05, 0) is 49.7 Å². The first kappa shape index (κ1) is 26.9. The second-order valence-electron chi connectivity index (χ2n) is 9.45. The van der Waals surface area contributed by atoms with Crippen LogP contribution in [0.25, 0.3) is 0 Å². The molecule has 4 rings (SSSR count). The summed E-state index contributed by atoms with van der Waals surface area (Å²) in [6.45, 7) is 3.33. The van der Waals surface area contributed by atoms with E-state index < -0.39 is 17.9 Å². The van der Waals surface area contributed by atoms with Gasteiger partial charge in [-0.1, -0.05) is 30.3 Å². The predicted molar refractivity (Wildman–Crippen MR) is 143 cm³/mol. The van der Waals surface area contributed by atoms with E-state index in [9.17, 15) is 19.2 Å². The molecule has 1 fully saturated rings. The van der Waals surface area contributed by atoms with E-state index in [4.69, 9.17) is 10.5 Å². The Kier molecular flexibility index (Phi) is 8.75. The van der Waals surface area contributed by atoms with Crippen molar-refractivity contribution in [3.05, 3.63) is 71.4 Å². The van der Waals surface area contributed by atoms with Gasteiger partial charge in [0.05, 0.1) is 5.69 Å². The minimum atomic E-state index is -1.03. The van der Waals surface area contributed by atoms with Crippen molar-refractivity contribution in [3.8, 4) is 5.75 Å². The van der Waals surface area contributed by atoms with Crippen LogP contribution in [0.1, 0.15) is 28.8 Å². The minimum Gasteiger partial charge on any atom is -0.489 e. The SMILES string of the molecule is CN1C(=O)[C@@H](NC(=O)C(N)=CC(=O)Cc2ccccc2)COc2ccc(C(=O)NCCN3CCCC3)cc21. The number of hydrogen-bond donors (Lipinski definition) is 3. The number of fused-ring (bicyclic) bond motifs is 1. The number of nitrogens with one attached hydrogen (secondary N) is 2. The molecule has 0 radical (unpaired) electrons. The standard InChI is InChI=1S/C28H33N5O5/c1-32-24-16-20(26(35)30-11-14-33-12-5-6-13-33)9-10-25(24)38-18-23(28(32)37)31-27(36)22(29)17-21(34)15-19-7-3-2-4-8-19/h2-4,7-10,16-17,23H,5-6,11-15,18,29H2,1H3,(H,30,35)(H,31,36)/t23-/m0/s1. The molecule has 200 valence electrons. The predicted octanol–water partition coefficient (Wildman–Crippen LogP) is 1.01. The van der Waals surface area contributed by atoms with Crippen LogP contribution in [-0.4, -0.2) is 74.3 Å². The zero-order valence-corrected chi connectivity index (χ0v) is 21.4. The molecule has 2 aromatic rings. The maximum Gasteiger partial charge on any atom is 0.268 e. The summed E-state index contributed by atoms with van der Waals surface area (Å²) in [7, 11) is 1.55. The lowest BCUT2D eigenvalue weighted by atomic mass is 10.1. The Morgan fingerprint density at radius 1 is 1.11 bits per heavy atom. The molecule has 0 saturated carbocycles. The van der Waals surface area contributed by atoms with E-state index in [1.54, 1.807) is 37.4 Å². The van der Waals surface area contributed by atoms with Crippen LogP contribution in [0, 0.1) is 0 Å². The molecule has 0 aliphatic carbocycles. The molecule has 10 heteroatoms. The Balaban J connectivity index is 1.36. The van der Waals surface area contributed by atoms with Gasteiger partial charge >= 0.3 is 0 Å². The number of ether oxygens (including phenoxy) is 1. The lowest BCUT2D eigenvalue weighted by Crippen LogP contribution is -2.50. The molecule has 0 aromatic heterocycles. The lowest BCUT2D eigenvalue weighted by molar-refractivity contribution is -0.126. The average Bonchev–Trinajstić information content (AvgIpc) is 3.40. The highest BCUT2D eigenvalue weighted by Gasteiger charge is 2.31. The van der Waals surface area contributed by atoms with Crippen molar-refractivity contribution in [2.24, 2.45) is 5.73 Å². The van der Waals surface area contributed by atoms with Crippen LogP contribution in [-0.2, 0) is 20.8 Å². The van der Waals surface area contributed by atoms with Gasteiger partial charge in [0.15, 0.2) is 5.78 Å². The molecule has 3 amide bonds. The Hall–Kier alpha value is -4.18. The zero-order chi connectivity index (χ0) is 27.1. The van der Waals surface area contributed by atoms with Gasteiger partial charge in [0.2, 0.25) is 0 Å². The van der Waals surface area contributed by atoms with Crippen molar-refractivity contribution in [3.63, 3.8) is 0 Å². The van der Waals surface area contributed by atoms with Crippen molar-refractivity contribution in [1.29, 1.82) is 0 Å². The molecule has 2 heterocycles. The molecule has 1 atom stereocenters. The molecule has 0 spiro atoms. The number of nitrogens with zero attached hydrogens (tertiary/aromatic N) is 2. The number of allylic oxidation sites excluding steroid dienone is 1. The molecule has 1 saturated heterocycles. The molecule has 10 nitrogen and oxygen atoms in total. The summed E-state index contributed by atoms with van der Waals surface area (Å²) < 4.78 is 5.78. The summed E-state index contributed by atoms with van der Waals surface area (Å²) in [5, 5.41) is 5.47. The fourth-order valence-corrected chi connectivity index (χ4v) is 4.51. The van der Waals surface area contributed by atoms with Gasteiger partial charge in [-0.15, -0.1) is 0 Å². The number of nitrogens with two attached hydrogens (primary N) is 1. The van der Waals surface area contributed by atoms with Gasteiger partial charge in [0.1, 0.15) is 24.1 Å². The monoisotopic (exact) mass is 519 g/mol. The summed E-state index contributed by atoms with van der Waals surface area (Å²) >= 11 is 0. The third-order valence-corrected chi connectivity index (χ3v) is 6.63. The molecule has 0 bridgehead atoms. The number of ketones is 1. The highest BCUT2D eigenvalue weighted by atomic mass is 16.5. The number of anilines is 1. The molecule has 2 aliphatic heterocycles. The van der Waals surface area contributed by atoms with Crippen LogP contribution in [0.15, 0.2) is 60.3 Å². The van der Waals surface area contributed by atoms with Gasteiger partial charge in [-0.2, -0.15) is 0 Å². The van der Waals surface area contributed by atoms with E-state index in [1.165, 1.54) is 17.7 Å². The number of likely N-dealkylation sites (N-methyl/N-ethyl adjacent to an activating group) is 1. The summed E-state index contributed by atoms with van der Waals surface area (Å²) in [6, 6.07) is 12.9. The number of likely N-dealkylation sites (tertiary alicyclic amines) is 1. The lowest BCUT2D eigenvalue weighted by Gasteiger charge is -2.21. The van der Waals surface area contributed by atoms with E-state index in [-0.39, 0.29) is 30.4 Å². The first-order valence-electron chi connectivity index (χ1n) is 12.7. The van der Waals surface area contributed by atoms with Crippen LogP contribution >= 0.6 is 0 Å². The Bertz CT molecular complexity index is 1220. The minimum absolute atomic E-state index is 0.104. The number of hydrogen-bond acceptors (Lipinski definition) is 7. The quantitative estimate of drug-likeness (QED) is 0.421. The number of carbonyl (C=O) groups excluding carboxylic acids is 4. The number of amides is 3. The van der Waals surface area contributed by atoms with Crippen LogP contribution in [0.2, 0.25) is 0 Å². The smallest absolute Gasteiger partial charge is 0.268 e. The third-order valence-electron chi connectivity index (χ3n) is 6.63. The van der Waals surface area contributed by atoms with Gasteiger partial charge < -0.3 is 30.9 Å². The Morgan fingerprint density at radius 3 is 2.58 bits per heavy atom. The normalized spacial score (nSPS) is 17.8. The highest BCUT2D eigenvalue weighted by molar-refractivity contribution is 6.06. The number of benzene rings is 2. The topological polar surface area (TPSA) is 134 Å². The first-order valence-corrected chi connectivity index (χ1v) is 12.7. The van der Waals surface area contributed by atoms with Crippen molar-refractivity contribution in [2.45, 2.75) is 25.3 Å². The van der Waals surface area contributed by atoms with Crippen LogP contribution in [0.4, 0.5) is 5.69 Å². The van der Waals surface area contributed by atoms with Gasteiger partial charge in [-0.25, -0.2) is 0 Å². The molecule has 2 aromatic carbocycles. The maximum atomic E-state index is 13.1. The van der Waals surface area contributed by atoms with Crippen LogP contribution in [0.3, 0.4) is 0 Å². The van der Waals surface area contributed by atoms with E-state index in [1.807, 2.05) is 18.2 Å². The van der Waals surface area contributed by atoms with Crippen molar-refractivity contribution >= 4 is 29.2 Å². The van der Waals surface area contributed by atoms with E-state index in [0.29, 0.717) is 23.5 Å². The van der Waals surface area contributed by atoms with Crippen LogP contribution < -0.4 is 26.0 Å². The highest BCUT2D eigenvalue weighted by Crippen LogP contribution is 2.31. The largest absolute Gasteiger partial charge is 0.489 e. The van der Waals surface area contributed by atoms with Gasteiger partial charge in [0, 0.05) is 38.2 Å². The maximum absolute atomic E-state index is 13.1. The molecule has 38 heavy (non-hydrogen) atoms. The van der Waals surface area contributed by atoms with E-state index in [2.05, 4.69) is 15.5 Å². The molecular formula is C28H33N5O5. The number of rotatable bonds is 9. The second kappa shape index (κ2) is 12.4. The fraction of sp³-hybridized carbons (Fsp3) is 0.357. The fourth-order valence-electron chi connectivity index (χ4n) is 4.51.